The summed E-state index contributed by atoms with van der Waals surface area (Å²) in [4.78, 5) is 12.4. The minimum absolute atomic E-state index is 0.110. The molecule has 6 nitrogen and oxygen atoms in total. The summed E-state index contributed by atoms with van der Waals surface area (Å²) < 4.78 is 7.65. The molecule has 0 bridgehead atoms. The monoisotopic (exact) mass is 426 g/mol. The van der Waals surface area contributed by atoms with Crippen molar-refractivity contribution in [1.29, 1.82) is 0 Å². The zero-order valence-electron chi connectivity index (χ0n) is 16.9. The number of para-hydroxylation sites is 1. The Kier molecular flexibility index (Phi) is 4.80. The summed E-state index contributed by atoms with van der Waals surface area (Å²) in [5.41, 5.74) is 2.25. The Morgan fingerprint density at radius 3 is 2.55 bits per heavy atom. The fourth-order valence-corrected chi connectivity index (χ4v) is 4.12. The van der Waals surface area contributed by atoms with Crippen LogP contribution in [0.4, 0.5) is 0 Å². The number of fused-ring (bicyclic) bond motifs is 3. The number of furan rings is 1. The summed E-state index contributed by atoms with van der Waals surface area (Å²) in [6.45, 7) is 3.34. The minimum Gasteiger partial charge on any atom is -0.455 e. The highest BCUT2D eigenvalue weighted by atomic mass is 32.1. The second-order valence-corrected chi connectivity index (χ2v) is 8.04. The molecule has 7 heteroatoms. The van der Waals surface area contributed by atoms with E-state index >= 15 is 0 Å². The van der Waals surface area contributed by atoms with Gasteiger partial charge >= 0.3 is 0 Å². The summed E-state index contributed by atoms with van der Waals surface area (Å²) >= 11 is 1.20. The Balaban J connectivity index is 1.60. The normalized spacial score (nSPS) is 12.7. The van der Waals surface area contributed by atoms with Crippen molar-refractivity contribution < 1.29 is 9.21 Å². The predicted octanol–water partition coefficient (Wildman–Crippen LogP) is 5.36. The molecule has 0 saturated heterocycles. The van der Waals surface area contributed by atoms with Crippen molar-refractivity contribution in [3.05, 3.63) is 88.4 Å². The van der Waals surface area contributed by atoms with Gasteiger partial charge in [-0.2, -0.15) is 5.10 Å². The lowest BCUT2D eigenvalue weighted by Gasteiger charge is -1.99. The maximum absolute atomic E-state index is 11.9. The number of ketones is 1. The van der Waals surface area contributed by atoms with Crippen LogP contribution in [0.1, 0.15) is 29.4 Å². The molecule has 0 aliphatic rings. The number of nitrogens with zero attached hydrogens (tertiary/aromatic N) is 4. The number of rotatable bonds is 4. The highest BCUT2D eigenvalue weighted by Crippen LogP contribution is 2.28. The maximum atomic E-state index is 11.9. The molecule has 0 N–H and O–H groups in total. The van der Waals surface area contributed by atoms with Crippen molar-refractivity contribution >= 4 is 44.6 Å². The SMILES string of the molecule is CC(=O)c1nn(-c2ccccc2)/c(=N/N=C(/C)c2cc3c(ccc4ccccc43)o2)s1. The van der Waals surface area contributed by atoms with E-state index in [1.54, 1.807) is 4.68 Å². The molecular weight excluding hydrogens is 408 g/mol. The Bertz CT molecular complexity index is 1520. The van der Waals surface area contributed by atoms with E-state index in [-0.39, 0.29) is 5.78 Å². The number of aromatic nitrogens is 2. The van der Waals surface area contributed by atoms with Crippen molar-refractivity contribution in [2.24, 2.45) is 10.2 Å². The summed E-state index contributed by atoms with van der Waals surface area (Å²) in [7, 11) is 0. The van der Waals surface area contributed by atoms with E-state index in [0.29, 0.717) is 21.3 Å². The van der Waals surface area contributed by atoms with Gasteiger partial charge in [0.15, 0.2) is 16.6 Å². The quantitative estimate of drug-likeness (QED) is 0.221. The van der Waals surface area contributed by atoms with Gasteiger partial charge in [-0.3, -0.25) is 4.79 Å². The fraction of sp³-hybridized carbons (Fsp3) is 0.0833. The minimum atomic E-state index is -0.110. The fourth-order valence-electron chi connectivity index (χ4n) is 3.36. The molecule has 3 aromatic carbocycles. The van der Waals surface area contributed by atoms with Crippen molar-refractivity contribution in [1.82, 2.24) is 9.78 Å². The molecule has 0 aliphatic heterocycles. The molecule has 0 aliphatic carbocycles. The topological polar surface area (TPSA) is 72.8 Å². The van der Waals surface area contributed by atoms with Gasteiger partial charge in [0.05, 0.1) is 5.69 Å². The lowest BCUT2D eigenvalue weighted by molar-refractivity contribution is 0.101. The molecule has 0 amide bonds. The zero-order valence-corrected chi connectivity index (χ0v) is 17.8. The van der Waals surface area contributed by atoms with Crippen LogP contribution in [-0.4, -0.2) is 21.3 Å². The second-order valence-electron chi connectivity index (χ2n) is 7.09. The van der Waals surface area contributed by atoms with Crippen LogP contribution in [0.15, 0.2) is 87.4 Å². The molecule has 5 aromatic rings. The van der Waals surface area contributed by atoms with Crippen molar-refractivity contribution in [3.8, 4) is 5.69 Å². The molecule has 0 saturated carbocycles. The van der Waals surface area contributed by atoms with Gasteiger partial charge in [0.1, 0.15) is 11.3 Å². The van der Waals surface area contributed by atoms with Gasteiger partial charge < -0.3 is 4.42 Å². The maximum Gasteiger partial charge on any atom is 0.233 e. The van der Waals surface area contributed by atoms with Crippen LogP contribution in [0, 0.1) is 0 Å². The average molecular weight is 427 g/mol. The molecule has 5 rings (SSSR count). The number of carbonyl (C=O) groups excluding carboxylic acids is 1. The van der Waals surface area contributed by atoms with E-state index in [4.69, 9.17) is 4.42 Å². The number of benzene rings is 3. The van der Waals surface area contributed by atoms with Crippen LogP contribution in [0.3, 0.4) is 0 Å². The van der Waals surface area contributed by atoms with E-state index in [1.807, 2.05) is 67.6 Å². The molecule has 0 radical (unpaired) electrons. The van der Waals surface area contributed by atoms with Gasteiger partial charge in [-0.1, -0.05) is 59.9 Å². The van der Waals surface area contributed by atoms with Gasteiger partial charge in [-0.05, 0) is 42.0 Å². The molecule has 152 valence electrons. The summed E-state index contributed by atoms with van der Waals surface area (Å²) in [6.07, 6.45) is 0. The van der Waals surface area contributed by atoms with Gasteiger partial charge in [0.25, 0.3) is 0 Å². The molecule has 0 atom stereocenters. The van der Waals surface area contributed by atoms with Crippen LogP contribution in [0.2, 0.25) is 0 Å². The van der Waals surface area contributed by atoms with E-state index in [9.17, 15) is 4.79 Å². The van der Waals surface area contributed by atoms with Crippen molar-refractivity contribution in [3.63, 3.8) is 0 Å². The van der Waals surface area contributed by atoms with Crippen molar-refractivity contribution in [2.75, 3.05) is 0 Å². The van der Waals surface area contributed by atoms with Gasteiger partial charge in [0, 0.05) is 12.3 Å². The number of hydrogen-bond donors (Lipinski definition) is 0. The summed E-state index contributed by atoms with van der Waals surface area (Å²) in [6, 6.07) is 23.8. The van der Waals surface area contributed by atoms with Gasteiger partial charge in [-0.25, -0.2) is 4.68 Å². The van der Waals surface area contributed by atoms with Crippen LogP contribution in [0.25, 0.3) is 27.4 Å². The van der Waals surface area contributed by atoms with E-state index < -0.39 is 0 Å². The van der Waals surface area contributed by atoms with Crippen molar-refractivity contribution in [2.45, 2.75) is 13.8 Å². The van der Waals surface area contributed by atoms with E-state index in [2.05, 4.69) is 27.4 Å². The summed E-state index contributed by atoms with van der Waals surface area (Å²) in [5, 5.41) is 16.9. The second kappa shape index (κ2) is 7.77. The number of Topliss-reactive ketones (excluding diaryl/α,β-unsaturated/α-hetero) is 1. The largest absolute Gasteiger partial charge is 0.455 e. The molecular formula is C24H18N4O2S. The first-order valence-electron chi connectivity index (χ1n) is 9.76. The van der Waals surface area contributed by atoms with Crippen LogP contribution in [0.5, 0.6) is 0 Å². The van der Waals surface area contributed by atoms with Crippen LogP contribution < -0.4 is 4.80 Å². The lowest BCUT2D eigenvalue weighted by Crippen LogP contribution is -2.14. The van der Waals surface area contributed by atoms with Crippen LogP contribution in [-0.2, 0) is 0 Å². The third-order valence-electron chi connectivity index (χ3n) is 4.93. The third-order valence-corrected chi connectivity index (χ3v) is 5.93. The van der Waals surface area contributed by atoms with Crippen LogP contribution >= 0.6 is 11.3 Å². The first kappa shape index (κ1) is 19.1. The Morgan fingerprint density at radius 2 is 1.74 bits per heavy atom. The van der Waals surface area contributed by atoms with E-state index in [0.717, 1.165) is 27.4 Å². The smallest absolute Gasteiger partial charge is 0.233 e. The van der Waals surface area contributed by atoms with E-state index in [1.165, 1.54) is 18.3 Å². The first-order valence-corrected chi connectivity index (χ1v) is 10.6. The first-order chi connectivity index (χ1) is 15.1. The van der Waals surface area contributed by atoms with Gasteiger partial charge in [-0.15, -0.1) is 10.2 Å². The molecule has 2 heterocycles. The Labute approximate surface area is 181 Å². The molecule has 0 unspecified atom stereocenters. The van der Waals surface area contributed by atoms with Gasteiger partial charge in [0.2, 0.25) is 4.80 Å². The standard InChI is InChI=1S/C24H18N4O2S/c1-15(22-14-20-19-11-7-6-8-17(19)12-13-21(20)30-22)25-26-24-28(18-9-4-3-5-10-18)27-23(31-24)16(2)29/h3-14H,1-2H3/b25-15-,26-24-. The molecule has 0 fully saturated rings. The molecule has 31 heavy (non-hydrogen) atoms. The number of carbonyl (C=O) groups is 1. The summed E-state index contributed by atoms with van der Waals surface area (Å²) in [5.74, 6) is 0.540. The zero-order chi connectivity index (χ0) is 21.4. The highest BCUT2D eigenvalue weighted by Gasteiger charge is 2.12. The molecule has 0 spiro atoms. The Morgan fingerprint density at radius 1 is 0.968 bits per heavy atom. The molecule has 2 aromatic heterocycles. The highest BCUT2D eigenvalue weighted by molar-refractivity contribution is 7.10. The Hall–Kier alpha value is -3.84. The average Bonchev–Trinajstić information content (AvgIpc) is 3.43. The predicted molar refractivity (Wildman–Crippen MR) is 123 cm³/mol. The lowest BCUT2D eigenvalue weighted by atomic mass is 10.1. The third kappa shape index (κ3) is 3.60. The number of hydrogen-bond acceptors (Lipinski definition) is 6.